The molecule has 4 nitrogen and oxygen atoms in total. The quantitative estimate of drug-likeness (QED) is 0.566. The Labute approximate surface area is 80.9 Å². The second-order valence-electron chi connectivity index (χ2n) is 3.05. The Kier molecular flexibility index (Phi) is 5.27. The van der Waals surface area contributed by atoms with Crippen molar-refractivity contribution in [2.24, 2.45) is 11.5 Å². The van der Waals surface area contributed by atoms with E-state index in [2.05, 4.69) is 0 Å². The Morgan fingerprint density at radius 2 is 2.31 bits per heavy atom. The van der Waals surface area contributed by atoms with E-state index in [0.29, 0.717) is 0 Å². The van der Waals surface area contributed by atoms with Gasteiger partial charge in [0.1, 0.15) is 12.2 Å². The van der Waals surface area contributed by atoms with Crippen LogP contribution in [-0.2, 0) is 4.79 Å². The number of halogens is 1. The molecule has 13 heavy (non-hydrogen) atoms. The lowest BCUT2D eigenvalue weighted by Crippen LogP contribution is -2.47. The van der Waals surface area contributed by atoms with E-state index in [0.717, 1.165) is 11.8 Å². The standard InChI is InChI=1S/C7H15FN2O2S/c1-7(10,6(11)12)4-13-5(2-8)3-9/h5H,2-4,9-10H2,1H3,(H,11,12)/t5-,7+/m1/s1. The second-order valence-corrected chi connectivity index (χ2v) is 4.33. The van der Waals surface area contributed by atoms with Crippen LogP contribution in [0.4, 0.5) is 4.39 Å². The number of hydrogen-bond donors (Lipinski definition) is 3. The van der Waals surface area contributed by atoms with Gasteiger partial charge in [0.25, 0.3) is 0 Å². The van der Waals surface area contributed by atoms with Gasteiger partial charge in [0.05, 0.1) is 0 Å². The molecule has 0 aromatic heterocycles. The van der Waals surface area contributed by atoms with Gasteiger partial charge in [-0.25, -0.2) is 4.39 Å². The average Bonchev–Trinajstić information content (AvgIpc) is 2.06. The average molecular weight is 210 g/mol. The van der Waals surface area contributed by atoms with Crippen LogP contribution in [0.2, 0.25) is 0 Å². The summed E-state index contributed by atoms with van der Waals surface area (Å²) in [5.41, 5.74) is 9.36. The predicted molar refractivity (Wildman–Crippen MR) is 51.5 cm³/mol. The lowest BCUT2D eigenvalue weighted by Gasteiger charge is -2.20. The number of thioether (sulfide) groups is 1. The van der Waals surface area contributed by atoms with Crippen LogP contribution in [0, 0.1) is 0 Å². The fraction of sp³-hybridized carbons (Fsp3) is 0.857. The molecule has 0 aliphatic carbocycles. The SMILES string of the molecule is C[C@](N)(CS[C@@H](CN)CF)C(=O)O. The van der Waals surface area contributed by atoms with Crippen molar-refractivity contribution < 1.29 is 14.3 Å². The molecule has 2 atom stereocenters. The monoisotopic (exact) mass is 210 g/mol. The van der Waals surface area contributed by atoms with Crippen molar-refractivity contribution in [1.82, 2.24) is 0 Å². The van der Waals surface area contributed by atoms with Gasteiger partial charge in [-0.05, 0) is 6.92 Å². The normalized spacial score (nSPS) is 17.8. The predicted octanol–water partition coefficient (Wildman–Crippen LogP) is -0.182. The minimum absolute atomic E-state index is 0.161. The van der Waals surface area contributed by atoms with Gasteiger partial charge < -0.3 is 16.6 Å². The zero-order chi connectivity index (χ0) is 10.5. The van der Waals surface area contributed by atoms with Crippen molar-refractivity contribution in [3.8, 4) is 0 Å². The first-order valence-corrected chi connectivity index (χ1v) is 4.89. The van der Waals surface area contributed by atoms with E-state index >= 15 is 0 Å². The number of carboxylic acid groups (broad SMARTS) is 1. The molecule has 0 aliphatic rings. The Morgan fingerprint density at radius 1 is 1.77 bits per heavy atom. The molecule has 0 saturated carbocycles. The molecule has 5 N–H and O–H groups in total. The molecule has 0 aromatic carbocycles. The summed E-state index contributed by atoms with van der Waals surface area (Å²) in [6, 6.07) is 0. The van der Waals surface area contributed by atoms with Crippen molar-refractivity contribution in [3.05, 3.63) is 0 Å². The minimum atomic E-state index is -1.31. The van der Waals surface area contributed by atoms with Gasteiger partial charge >= 0.3 is 5.97 Å². The number of alkyl halides is 1. The summed E-state index contributed by atoms with van der Waals surface area (Å²) in [6.45, 7) is 1.03. The Bertz CT molecular complexity index is 174. The maximum Gasteiger partial charge on any atom is 0.324 e. The van der Waals surface area contributed by atoms with Crippen molar-refractivity contribution >= 4 is 17.7 Å². The Morgan fingerprint density at radius 3 is 2.62 bits per heavy atom. The molecule has 0 unspecified atom stereocenters. The van der Waals surface area contributed by atoms with Gasteiger partial charge in [-0.3, -0.25) is 4.79 Å². The Hall–Kier alpha value is -0.330. The second kappa shape index (κ2) is 5.41. The van der Waals surface area contributed by atoms with Crippen molar-refractivity contribution in [3.63, 3.8) is 0 Å². The van der Waals surface area contributed by atoms with Crippen molar-refractivity contribution in [2.45, 2.75) is 17.7 Å². The van der Waals surface area contributed by atoms with Crippen molar-refractivity contribution in [1.29, 1.82) is 0 Å². The van der Waals surface area contributed by atoms with Crippen LogP contribution in [-0.4, -0.2) is 40.8 Å². The topological polar surface area (TPSA) is 89.3 Å². The minimum Gasteiger partial charge on any atom is -0.480 e. The van der Waals surface area contributed by atoms with E-state index in [1.165, 1.54) is 6.92 Å². The molecule has 0 amide bonds. The van der Waals surface area contributed by atoms with Crippen LogP contribution in [0.1, 0.15) is 6.92 Å². The largest absolute Gasteiger partial charge is 0.480 e. The highest BCUT2D eigenvalue weighted by molar-refractivity contribution is 8.00. The molecule has 0 aliphatic heterocycles. The van der Waals surface area contributed by atoms with Gasteiger partial charge in [-0.15, -0.1) is 0 Å². The summed E-state index contributed by atoms with van der Waals surface area (Å²) in [5.74, 6) is -0.927. The smallest absolute Gasteiger partial charge is 0.324 e. The third-order valence-corrected chi connectivity index (χ3v) is 3.10. The van der Waals surface area contributed by atoms with Crippen LogP contribution in [0.3, 0.4) is 0 Å². The third kappa shape index (κ3) is 4.44. The molecule has 0 radical (unpaired) electrons. The van der Waals surface area contributed by atoms with Crippen LogP contribution in [0.15, 0.2) is 0 Å². The molecule has 0 spiro atoms. The van der Waals surface area contributed by atoms with E-state index in [1.54, 1.807) is 0 Å². The molecule has 6 heteroatoms. The number of rotatable bonds is 6. The lowest BCUT2D eigenvalue weighted by molar-refractivity contribution is -0.141. The summed E-state index contributed by atoms with van der Waals surface area (Å²) < 4.78 is 12.1. The van der Waals surface area contributed by atoms with Gasteiger partial charge in [0.2, 0.25) is 0 Å². The zero-order valence-corrected chi connectivity index (χ0v) is 8.31. The van der Waals surface area contributed by atoms with E-state index in [-0.39, 0.29) is 17.5 Å². The molecular weight excluding hydrogens is 195 g/mol. The van der Waals surface area contributed by atoms with E-state index in [9.17, 15) is 9.18 Å². The van der Waals surface area contributed by atoms with E-state index in [1.807, 2.05) is 0 Å². The van der Waals surface area contributed by atoms with Crippen LogP contribution >= 0.6 is 11.8 Å². The summed E-state index contributed by atoms with van der Waals surface area (Å²) >= 11 is 1.15. The van der Waals surface area contributed by atoms with Crippen LogP contribution < -0.4 is 11.5 Å². The van der Waals surface area contributed by atoms with Gasteiger partial charge in [-0.2, -0.15) is 11.8 Å². The first kappa shape index (κ1) is 12.7. The Balaban J connectivity index is 3.92. The zero-order valence-electron chi connectivity index (χ0n) is 7.50. The summed E-state index contributed by atoms with van der Waals surface area (Å²) in [4.78, 5) is 10.5. The molecule has 0 aromatic rings. The molecule has 0 fully saturated rings. The van der Waals surface area contributed by atoms with Gasteiger partial charge in [0.15, 0.2) is 0 Å². The summed E-state index contributed by atoms with van der Waals surface area (Å²) in [7, 11) is 0. The summed E-state index contributed by atoms with van der Waals surface area (Å²) in [6.07, 6.45) is 0. The lowest BCUT2D eigenvalue weighted by atomic mass is 10.1. The molecule has 0 rings (SSSR count). The first-order chi connectivity index (χ1) is 5.94. The number of nitrogens with two attached hydrogens (primary N) is 2. The van der Waals surface area contributed by atoms with Gasteiger partial charge in [-0.1, -0.05) is 0 Å². The molecule has 0 bridgehead atoms. The highest BCUT2D eigenvalue weighted by Crippen LogP contribution is 2.16. The maximum absolute atomic E-state index is 12.1. The maximum atomic E-state index is 12.1. The number of carbonyl (C=O) groups is 1. The highest BCUT2D eigenvalue weighted by atomic mass is 32.2. The first-order valence-electron chi connectivity index (χ1n) is 3.84. The third-order valence-electron chi connectivity index (χ3n) is 1.54. The van der Waals surface area contributed by atoms with Crippen LogP contribution in [0.25, 0.3) is 0 Å². The highest BCUT2D eigenvalue weighted by Gasteiger charge is 2.28. The number of hydrogen-bond acceptors (Lipinski definition) is 4. The number of carboxylic acids is 1. The van der Waals surface area contributed by atoms with E-state index in [4.69, 9.17) is 16.6 Å². The fourth-order valence-corrected chi connectivity index (χ4v) is 1.46. The number of aliphatic carboxylic acids is 1. The van der Waals surface area contributed by atoms with Crippen LogP contribution in [0.5, 0.6) is 0 Å². The van der Waals surface area contributed by atoms with Crippen molar-refractivity contribution in [2.75, 3.05) is 19.0 Å². The fourth-order valence-electron chi connectivity index (χ4n) is 0.528. The molecule has 78 valence electrons. The summed E-state index contributed by atoms with van der Waals surface area (Å²) in [5, 5.41) is 8.28. The molecule has 0 saturated heterocycles. The van der Waals surface area contributed by atoms with E-state index < -0.39 is 18.2 Å². The molecule has 0 heterocycles. The van der Waals surface area contributed by atoms with Gasteiger partial charge in [0, 0.05) is 17.5 Å². The molecular formula is C7H15FN2O2S.